The van der Waals surface area contributed by atoms with E-state index in [-0.39, 0.29) is 11.8 Å². The zero-order chi connectivity index (χ0) is 15.5. The van der Waals surface area contributed by atoms with Gasteiger partial charge in [-0.3, -0.25) is 4.79 Å². The van der Waals surface area contributed by atoms with Gasteiger partial charge in [-0.1, -0.05) is 44.9 Å². The Morgan fingerprint density at radius 2 is 1.91 bits per heavy atom. The minimum absolute atomic E-state index is 0.0232. The maximum absolute atomic E-state index is 12.1. The van der Waals surface area contributed by atoms with Gasteiger partial charge in [0.15, 0.2) is 0 Å². The van der Waals surface area contributed by atoms with E-state index in [1.807, 2.05) is 54.9 Å². The second-order valence-corrected chi connectivity index (χ2v) is 6.33. The molecule has 0 atom stereocenters. The van der Waals surface area contributed by atoms with Crippen molar-refractivity contribution in [2.45, 2.75) is 45.4 Å². The molecule has 4 heteroatoms. The molecule has 1 N–H and O–H groups in total. The SMILES string of the molecule is CC(C)C(=O)Nc1cc(C2CCCC2)nn1-c1ccccc1. The zero-order valence-corrected chi connectivity index (χ0v) is 13.2. The summed E-state index contributed by atoms with van der Waals surface area (Å²) in [5, 5.41) is 7.79. The minimum Gasteiger partial charge on any atom is -0.310 e. The largest absolute Gasteiger partial charge is 0.310 e. The van der Waals surface area contributed by atoms with Gasteiger partial charge in [0, 0.05) is 17.9 Å². The molecule has 0 bridgehead atoms. The molecule has 1 fully saturated rings. The average molecular weight is 297 g/mol. The summed E-state index contributed by atoms with van der Waals surface area (Å²) in [4.78, 5) is 12.1. The Balaban J connectivity index is 1.96. The predicted octanol–water partition coefficient (Wildman–Crippen LogP) is 4.12. The van der Waals surface area contributed by atoms with E-state index in [1.165, 1.54) is 25.7 Å². The number of anilines is 1. The van der Waals surface area contributed by atoms with E-state index in [0.29, 0.717) is 5.92 Å². The number of carbonyl (C=O) groups is 1. The van der Waals surface area contributed by atoms with Gasteiger partial charge in [-0.2, -0.15) is 5.10 Å². The summed E-state index contributed by atoms with van der Waals surface area (Å²) in [5.41, 5.74) is 2.08. The molecule has 116 valence electrons. The summed E-state index contributed by atoms with van der Waals surface area (Å²) in [5.74, 6) is 1.27. The number of nitrogens with zero attached hydrogens (tertiary/aromatic N) is 2. The molecule has 2 aromatic rings. The van der Waals surface area contributed by atoms with Crippen LogP contribution in [-0.4, -0.2) is 15.7 Å². The van der Waals surface area contributed by atoms with Crippen molar-refractivity contribution in [2.75, 3.05) is 5.32 Å². The van der Waals surface area contributed by atoms with Gasteiger partial charge in [0.1, 0.15) is 5.82 Å². The Kier molecular flexibility index (Phi) is 4.27. The van der Waals surface area contributed by atoms with Crippen LogP contribution >= 0.6 is 0 Å². The van der Waals surface area contributed by atoms with E-state index in [2.05, 4.69) is 5.32 Å². The van der Waals surface area contributed by atoms with E-state index in [1.54, 1.807) is 0 Å². The van der Waals surface area contributed by atoms with Gasteiger partial charge >= 0.3 is 0 Å². The van der Waals surface area contributed by atoms with Crippen LogP contribution in [0.3, 0.4) is 0 Å². The molecule has 1 aliphatic carbocycles. The molecule has 1 aromatic carbocycles. The highest BCUT2D eigenvalue weighted by Crippen LogP contribution is 2.35. The number of hydrogen-bond acceptors (Lipinski definition) is 2. The number of nitrogens with one attached hydrogen (secondary N) is 1. The first-order valence-electron chi connectivity index (χ1n) is 8.11. The molecule has 0 aliphatic heterocycles. The molecule has 4 nitrogen and oxygen atoms in total. The molecule has 1 aromatic heterocycles. The number of benzene rings is 1. The van der Waals surface area contributed by atoms with Gasteiger partial charge in [-0.05, 0) is 25.0 Å². The molecule has 1 aliphatic rings. The molecule has 0 spiro atoms. The molecule has 3 rings (SSSR count). The van der Waals surface area contributed by atoms with E-state index >= 15 is 0 Å². The fourth-order valence-corrected chi connectivity index (χ4v) is 2.95. The van der Waals surface area contributed by atoms with E-state index < -0.39 is 0 Å². The number of para-hydroxylation sites is 1. The third-order valence-electron chi connectivity index (χ3n) is 4.28. The van der Waals surface area contributed by atoms with Crippen molar-refractivity contribution >= 4 is 11.7 Å². The highest BCUT2D eigenvalue weighted by atomic mass is 16.1. The van der Waals surface area contributed by atoms with Crippen molar-refractivity contribution in [1.29, 1.82) is 0 Å². The fraction of sp³-hybridized carbons (Fsp3) is 0.444. The Morgan fingerprint density at radius 3 is 2.55 bits per heavy atom. The lowest BCUT2D eigenvalue weighted by Crippen LogP contribution is -2.19. The van der Waals surface area contributed by atoms with Gasteiger partial charge in [0.05, 0.1) is 11.4 Å². The van der Waals surface area contributed by atoms with Crippen LogP contribution < -0.4 is 5.32 Å². The van der Waals surface area contributed by atoms with Gasteiger partial charge in [-0.25, -0.2) is 4.68 Å². The molecule has 1 saturated carbocycles. The lowest BCUT2D eigenvalue weighted by molar-refractivity contribution is -0.118. The quantitative estimate of drug-likeness (QED) is 0.922. The third-order valence-corrected chi connectivity index (χ3v) is 4.28. The standard InChI is InChI=1S/C18H23N3O/c1-13(2)18(22)19-17-12-16(14-8-6-7-9-14)20-21(17)15-10-4-3-5-11-15/h3-5,10-14H,6-9H2,1-2H3,(H,19,22). The summed E-state index contributed by atoms with van der Waals surface area (Å²) in [6.07, 6.45) is 4.94. The average Bonchev–Trinajstić information content (AvgIpc) is 3.17. The Hall–Kier alpha value is -2.10. The summed E-state index contributed by atoms with van der Waals surface area (Å²) in [6, 6.07) is 12.0. The van der Waals surface area contributed by atoms with Gasteiger partial charge in [-0.15, -0.1) is 0 Å². The molecule has 0 radical (unpaired) electrons. The highest BCUT2D eigenvalue weighted by molar-refractivity contribution is 5.91. The molecule has 22 heavy (non-hydrogen) atoms. The first-order valence-corrected chi connectivity index (χ1v) is 8.11. The van der Waals surface area contributed by atoms with E-state index in [9.17, 15) is 4.79 Å². The molecule has 1 heterocycles. The smallest absolute Gasteiger partial charge is 0.228 e. The molecular weight excluding hydrogens is 274 g/mol. The lowest BCUT2D eigenvalue weighted by atomic mass is 10.0. The topological polar surface area (TPSA) is 46.9 Å². The first-order chi connectivity index (χ1) is 10.6. The molecule has 0 saturated heterocycles. The Morgan fingerprint density at radius 1 is 1.23 bits per heavy atom. The van der Waals surface area contributed by atoms with Crippen molar-refractivity contribution < 1.29 is 4.79 Å². The van der Waals surface area contributed by atoms with Gasteiger partial charge in [0.2, 0.25) is 5.91 Å². The fourth-order valence-electron chi connectivity index (χ4n) is 2.95. The van der Waals surface area contributed by atoms with Crippen molar-refractivity contribution in [3.8, 4) is 5.69 Å². The van der Waals surface area contributed by atoms with E-state index in [0.717, 1.165) is 17.2 Å². The number of hydrogen-bond donors (Lipinski definition) is 1. The van der Waals surface area contributed by atoms with Crippen molar-refractivity contribution in [3.63, 3.8) is 0 Å². The van der Waals surface area contributed by atoms with E-state index in [4.69, 9.17) is 5.10 Å². The normalized spacial score (nSPS) is 15.4. The summed E-state index contributed by atoms with van der Waals surface area (Å²) >= 11 is 0. The van der Waals surface area contributed by atoms with Crippen LogP contribution in [0.5, 0.6) is 0 Å². The number of amides is 1. The second-order valence-electron chi connectivity index (χ2n) is 6.33. The molecule has 0 unspecified atom stereocenters. The minimum atomic E-state index is -0.0472. The van der Waals surface area contributed by atoms with Crippen LogP contribution in [0.15, 0.2) is 36.4 Å². The van der Waals surface area contributed by atoms with Crippen LogP contribution in [0.1, 0.15) is 51.1 Å². The lowest BCUT2D eigenvalue weighted by Gasteiger charge is -2.10. The maximum atomic E-state index is 12.1. The molecule has 1 amide bonds. The predicted molar refractivity (Wildman–Crippen MR) is 88.2 cm³/mol. The van der Waals surface area contributed by atoms with Crippen LogP contribution in [0.25, 0.3) is 5.69 Å². The number of carbonyl (C=O) groups excluding carboxylic acids is 1. The van der Waals surface area contributed by atoms with Crippen molar-refractivity contribution in [2.24, 2.45) is 5.92 Å². The van der Waals surface area contributed by atoms with Crippen LogP contribution in [0.2, 0.25) is 0 Å². The zero-order valence-electron chi connectivity index (χ0n) is 13.2. The highest BCUT2D eigenvalue weighted by Gasteiger charge is 2.22. The van der Waals surface area contributed by atoms with Crippen LogP contribution in [0.4, 0.5) is 5.82 Å². The first kappa shape index (κ1) is 14.8. The summed E-state index contributed by atoms with van der Waals surface area (Å²) < 4.78 is 1.86. The second kappa shape index (κ2) is 6.34. The van der Waals surface area contributed by atoms with Crippen LogP contribution in [0, 0.1) is 5.92 Å². The number of aromatic nitrogens is 2. The third kappa shape index (κ3) is 3.06. The summed E-state index contributed by atoms with van der Waals surface area (Å²) in [7, 11) is 0. The Bertz CT molecular complexity index is 640. The summed E-state index contributed by atoms with van der Waals surface area (Å²) in [6.45, 7) is 3.80. The monoisotopic (exact) mass is 297 g/mol. The molecular formula is C18H23N3O. The van der Waals surface area contributed by atoms with Crippen LogP contribution in [-0.2, 0) is 4.79 Å². The van der Waals surface area contributed by atoms with Gasteiger partial charge < -0.3 is 5.32 Å². The Labute approximate surface area is 131 Å². The van der Waals surface area contributed by atoms with Crippen molar-refractivity contribution in [1.82, 2.24) is 9.78 Å². The number of rotatable bonds is 4. The van der Waals surface area contributed by atoms with Crippen molar-refractivity contribution in [3.05, 3.63) is 42.1 Å². The maximum Gasteiger partial charge on any atom is 0.228 e. The van der Waals surface area contributed by atoms with Gasteiger partial charge in [0.25, 0.3) is 0 Å².